The van der Waals surface area contributed by atoms with Gasteiger partial charge in [-0.3, -0.25) is 24.0 Å². The number of ketones is 1. The van der Waals surface area contributed by atoms with Crippen molar-refractivity contribution in [2.45, 2.75) is 122 Å². The molecule has 374 valence electrons. The number of halogens is 1. The molecular formula is C50H57ClN4O15. The molecule has 2 aromatic carbocycles. The van der Waals surface area contributed by atoms with E-state index in [9.17, 15) is 44.1 Å². The molecular weight excluding hydrogens is 932 g/mol. The second kappa shape index (κ2) is 20.5. The number of ether oxygens (including phenoxy) is 5. The molecule has 1 saturated heterocycles. The normalized spacial score (nSPS) is 29.6. The number of fused-ring (bicyclic) bond motifs is 5. The van der Waals surface area contributed by atoms with Gasteiger partial charge in [-0.25, -0.2) is 15.0 Å². The molecule has 4 aliphatic rings. The molecule has 1 unspecified atom stereocenters. The number of esters is 4. The minimum Gasteiger partial charge on any atom is -1.00 e. The molecule has 0 radical (unpaired) electrons. The lowest BCUT2D eigenvalue weighted by Gasteiger charge is -2.67. The Morgan fingerprint density at radius 2 is 1.50 bits per heavy atom. The zero-order valence-corrected chi connectivity index (χ0v) is 40.4. The molecule has 70 heavy (non-hydrogen) atoms. The van der Waals surface area contributed by atoms with Gasteiger partial charge in [0.25, 0.3) is 5.91 Å². The SMILES string of the molecule is CC(=O)O[C@H]1C(=O)[C@@]2(C)C([C@H](OC(=O)c3ccccc3)[C@]3(O)C[C@H](OC(=O)[C@H](O)[C@@H](NC(=O)/C(C)=N/NC(=O)C[n+]4ccccc4)c4ccccc4)C(C)=C1C3(C)C)[C@]1(OC(C)=O)CO[C@@H]1C[C@@H]2O.[Cl-]. The number of hydrazone groups is 1. The van der Waals surface area contributed by atoms with Crippen LogP contribution in [0.1, 0.15) is 83.3 Å². The molecule has 1 aromatic heterocycles. The van der Waals surface area contributed by atoms with E-state index in [2.05, 4.69) is 15.8 Å². The van der Waals surface area contributed by atoms with Crippen LogP contribution in [0.15, 0.2) is 108 Å². The summed E-state index contributed by atoms with van der Waals surface area (Å²) in [5.74, 6) is -7.89. The molecule has 3 aromatic rings. The number of aromatic nitrogens is 1. The van der Waals surface area contributed by atoms with Crippen molar-refractivity contribution in [2.24, 2.45) is 21.8 Å². The fourth-order valence-corrected chi connectivity index (χ4v) is 10.6. The number of hydrogen-bond donors (Lipinski definition) is 5. The van der Waals surface area contributed by atoms with Crippen LogP contribution in [0.4, 0.5) is 0 Å². The number of aliphatic hydroxyl groups excluding tert-OH is 2. The minimum atomic E-state index is -2.44. The fraction of sp³-hybridized carbons (Fsp3) is 0.460. The average Bonchev–Trinajstić information content (AvgIpc) is 3.31. The number of pyridine rings is 1. The monoisotopic (exact) mass is 988 g/mol. The quantitative estimate of drug-likeness (QED) is 0.0340. The van der Waals surface area contributed by atoms with Crippen molar-refractivity contribution in [3.05, 3.63) is 114 Å². The molecule has 2 saturated carbocycles. The number of hydrogen-bond acceptors (Lipinski definition) is 16. The summed E-state index contributed by atoms with van der Waals surface area (Å²) in [6, 6.07) is 19.5. The number of nitrogens with zero attached hydrogens (tertiary/aromatic N) is 2. The largest absolute Gasteiger partial charge is 1.00 e. The van der Waals surface area contributed by atoms with Gasteiger partial charge >= 0.3 is 29.8 Å². The van der Waals surface area contributed by atoms with E-state index < -0.39 is 119 Å². The lowest BCUT2D eigenvalue weighted by Crippen LogP contribution is -3.00. The van der Waals surface area contributed by atoms with Gasteiger partial charge in [-0.15, -0.1) is 0 Å². The Morgan fingerprint density at radius 1 is 0.886 bits per heavy atom. The summed E-state index contributed by atoms with van der Waals surface area (Å²) in [5.41, 5.74) is -5.59. The molecule has 11 atom stereocenters. The van der Waals surface area contributed by atoms with E-state index in [0.29, 0.717) is 0 Å². The van der Waals surface area contributed by atoms with Crippen molar-refractivity contribution in [1.29, 1.82) is 0 Å². The highest BCUT2D eigenvalue weighted by molar-refractivity contribution is 6.38. The molecule has 19 nitrogen and oxygen atoms in total. The standard InChI is InChI=1S/C50H56N4O15.ClH/c1-27-33(67-46(63)39(59)38(31-17-11-8-12-18-31)51-44(61)28(2)52-53-36(58)25-54-21-15-10-16-22-54)24-50(64)43(68-45(62)32-19-13-9-14-20-32)41-48(7,34(57)23-35-49(41,26-65-35)69-30(4)56)42(60)40(66-29(3)55)37(27)47(50,5)6;/h8-22,33-35,38-41,43,57,59,64H,23-26H2,1-7H3,(H-,51,53,58,61);1H/t33-,34-,35+,38-,39+,40+,41?,43-,48+,49-,50+;/m0./s1. The average molecular weight is 989 g/mol. The fourth-order valence-electron chi connectivity index (χ4n) is 10.6. The molecule has 0 spiro atoms. The van der Waals surface area contributed by atoms with Gasteiger partial charge in [-0.2, -0.15) is 9.67 Å². The third-order valence-corrected chi connectivity index (χ3v) is 14.2. The van der Waals surface area contributed by atoms with Crippen molar-refractivity contribution in [1.82, 2.24) is 10.7 Å². The van der Waals surface area contributed by atoms with Crippen molar-refractivity contribution in [2.75, 3.05) is 6.61 Å². The first-order valence-corrected chi connectivity index (χ1v) is 22.5. The maximum absolute atomic E-state index is 15.6. The van der Waals surface area contributed by atoms with E-state index in [1.165, 1.54) is 58.9 Å². The van der Waals surface area contributed by atoms with Crippen LogP contribution in [0.25, 0.3) is 0 Å². The zero-order valence-electron chi connectivity index (χ0n) is 39.6. The molecule has 7 rings (SSSR count). The van der Waals surface area contributed by atoms with E-state index in [1.54, 1.807) is 71.6 Å². The summed E-state index contributed by atoms with van der Waals surface area (Å²) < 4.78 is 31.9. The molecule has 2 heterocycles. The van der Waals surface area contributed by atoms with Crippen LogP contribution in [-0.2, 0) is 59.0 Å². The molecule has 3 fully saturated rings. The van der Waals surface area contributed by atoms with E-state index in [4.69, 9.17) is 23.7 Å². The highest BCUT2D eigenvalue weighted by Gasteiger charge is 2.78. The van der Waals surface area contributed by atoms with Crippen LogP contribution in [0.5, 0.6) is 0 Å². The summed E-state index contributed by atoms with van der Waals surface area (Å²) in [5, 5.41) is 44.2. The van der Waals surface area contributed by atoms with E-state index >= 15 is 4.79 Å². The highest BCUT2D eigenvalue weighted by atomic mass is 35.5. The number of carbonyl (C=O) groups excluding carboxylic acids is 7. The summed E-state index contributed by atoms with van der Waals surface area (Å²) >= 11 is 0. The number of benzene rings is 2. The van der Waals surface area contributed by atoms with E-state index in [1.807, 2.05) is 0 Å². The van der Waals surface area contributed by atoms with Gasteiger partial charge in [0.05, 0.1) is 35.6 Å². The van der Waals surface area contributed by atoms with Crippen LogP contribution in [-0.4, -0.2) is 117 Å². The summed E-state index contributed by atoms with van der Waals surface area (Å²) in [6.07, 6.45) is -7.59. The topological polar surface area (TPSA) is 267 Å². The van der Waals surface area contributed by atoms with Crippen molar-refractivity contribution in [3.8, 4) is 0 Å². The maximum Gasteiger partial charge on any atom is 0.338 e. The van der Waals surface area contributed by atoms with Crippen LogP contribution in [0, 0.1) is 16.7 Å². The Kier molecular flexibility index (Phi) is 15.5. The predicted molar refractivity (Wildman–Crippen MR) is 240 cm³/mol. The zero-order chi connectivity index (χ0) is 50.2. The lowest BCUT2D eigenvalue weighted by molar-refractivity contribution is -0.684. The summed E-state index contributed by atoms with van der Waals surface area (Å²) in [6.45, 7) is 9.02. The summed E-state index contributed by atoms with van der Waals surface area (Å²) in [7, 11) is 0. The number of aliphatic hydroxyl groups is 3. The second-order valence-electron chi connectivity index (χ2n) is 18.8. The molecule has 5 N–H and O–H groups in total. The third-order valence-electron chi connectivity index (χ3n) is 14.2. The first-order chi connectivity index (χ1) is 32.6. The lowest BCUT2D eigenvalue weighted by atomic mass is 9.44. The Bertz CT molecular complexity index is 2580. The molecule has 20 heteroatoms. The smallest absolute Gasteiger partial charge is 0.338 e. The maximum atomic E-state index is 15.6. The molecule has 2 bridgehead atoms. The van der Waals surface area contributed by atoms with Crippen LogP contribution in [0.2, 0.25) is 0 Å². The Balaban J connectivity index is 0.00000804. The Hall–Kier alpha value is -6.38. The minimum absolute atomic E-state index is 0. The number of amides is 2. The predicted octanol–water partition coefficient (Wildman–Crippen LogP) is -1.09. The van der Waals surface area contributed by atoms with Gasteiger partial charge in [0.1, 0.15) is 29.6 Å². The van der Waals surface area contributed by atoms with Crippen molar-refractivity contribution in [3.63, 3.8) is 0 Å². The molecule has 3 aliphatic carbocycles. The number of nitrogens with one attached hydrogen (secondary N) is 2. The van der Waals surface area contributed by atoms with Gasteiger partial charge in [0.2, 0.25) is 6.54 Å². The Labute approximate surface area is 410 Å². The first-order valence-electron chi connectivity index (χ1n) is 22.5. The third kappa shape index (κ3) is 9.60. The number of carbonyl (C=O) groups is 7. The number of Topliss-reactive ketones (excluding diaryl/α,β-unsaturated/α-hetero) is 1. The van der Waals surface area contributed by atoms with Gasteiger partial charge in [0.15, 0.2) is 36.0 Å². The van der Waals surface area contributed by atoms with Gasteiger partial charge in [-0.1, -0.05) is 68.4 Å². The Morgan fingerprint density at radius 3 is 2.09 bits per heavy atom. The van der Waals surface area contributed by atoms with E-state index in [-0.39, 0.29) is 60.0 Å². The van der Waals surface area contributed by atoms with Gasteiger partial charge < -0.3 is 56.7 Å². The van der Waals surface area contributed by atoms with Gasteiger partial charge in [-0.05, 0) is 49.6 Å². The van der Waals surface area contributed by atoms with E-state index in [0.717, 1.165) is 13.8 Å². The van der Waals surface area contributed by atoms with Crippen molar-refractivity contribution >= 4 is 47.2 Å². The van der Waals surface area contributed by atoms with Crippen LogP contribution < -0.4 is 27.7 Å². The molecule has 1 aliphatic heterocycles. The summed E-state index contributed by atoms with van der Waals surface area (Å²) in [4.78, 5) is 96.6. The molecule has 2 amide bonds. The van der Waals surface area contributed by atoms with Crippen LogP contribution >= 0.6 is 0 Å². The van der Waals surface area contributed by atoms with Gasteiger partial charge in [0, 0.05) is 44.2 Å². The van der Waals surface area contributed by atoms with Crippen molar-refractivity contribution < 1.29 is 89.5 Å². The highest BCUT2D eigenvalue weighted by Crippen LogP contribution is 2.64. The second-order valence-corrected chi connectivity index (χ2v) is 18.8. The number of rotatable bonds is 13. The first kappa shape index (κ1) is 53.0. The van der Waals surface area contributed by atoms with Crippen LogP contribution in [0.3, 0.4) is 0 Å².